The van der Waals surface area contributed by atoms with Gasteiger partial charge in [0, 0.05) is 19.1 Å². The van der Waals surface area contributed by atoms with Crippen molar-refractivity contribution in [2.24, 2.45) is 5.41 Å². The second kappa shape index (κ2) is 4.25. The Labute approximate surface area is 105 Å². The fraction of sp³-hybridized carbons (Fsp3) is 0.600. The van der Waals surface area contributed by atoms with Crippen molar-refractivity contribution < 1.29 is 0 Å². The lowest BCUT2D eigenvalue weighted by atomic mass is 9.92. The molecule has 1 N–H and O–H groups in total. The fourth-order valence-corrected chi connectivity index (χ4v) is 2.44. The number of nitrogens with zero attached hydrogens (tertiary/aromatic N) is 1. The van der Waals surface area contributed by atoms with E-state index in [2.05, 4.69) is 63.0 Å². The molecule has 1 aromatic carbocycles. The SMILES string of the molecule is Cc1ccc2c(c1)NCC(C)(C)CN2C(C)C. The lowest BCUT2D eigenvalue weighted by Crippen LogP contribution is -2.39. The zero-order valence-corrected chi connectivity index (χ0v) is 11.7. The Kier molecular flexibility index (Phi) is 3.07. The predicted molar refractivity (Wildman–Crippen MR) is 75.9 cm³/mol. The van der Waals surface area contributed by atoms with Crippen LogP contribution in [0, 0.1) is 12.3 Å². The third kappa shape index (κ3) is 2.56. The molecule has 2 nitrogen and oxygen atoms in total. The molecule has 0 unspecified atom stereocenters. The Morgan fingerprint density at radius 2 is 2.00 bits per heavy atom. The van der Waals surface area contributed by atoms with Crippen molar-refractivity contribution >= 4 is 11.4 Å². The molecule has 0 atom stereocenters. The van der Waals surface area contributed by atoms with Crippen molar-refractivity contribution in [1.82, 2.24) is 0 Å². The number of nitrogens with one attached hydrogen (secondary N) is 1. The average molecular weight is 232 g/mol. The molecule has 0 amide bonds. The Morgan fingerprint density at radius 1 is 1.29 bits per heavy atom. The summed E-state index contributed by atoms with van der Waals surface area (Å²) < 4.78 is 0. The van der Waals surface area contributed by atoms with Gasteiger partial charge in [0.25, 0.3) is 0 Å². The molecular formula is C15H24N2. The van der Waals surface area contributed by atoms with Gasteiger partial charge in [-0.2, -0.15) is 0 Å². The average Bonchev–Trinajstić information content (AvgIpc) is 2.36. The van der Waals surface area contributed by atoms with Crippen LogP contribution in [-0.2, 0) is 0 Å². The monoisotopic (exact) mass is 232 g/mol. The smallest absolute Gasteiger partial charge is 0.0604 e. The van der Waals surface area contributed by atoms with Crippen LogP contribution < -0.4 is 10.2 Å². The molecular weight excluding hydrogens is 208 g/mol. The number of rotatable bonds is 1. The van der Waals surface area contributed by atoms with Crippen LogP contribution in [0.2, 0.25) is 0 Å². The van der Waals surface area contributed by atoms with Gasteiger partial charge in [0.1, 0.15) is 0 Å². The Balaban J connectivity index is 2.44. The summed E-state index contributed by atoms with van der Waals surface area (Å²) in [6.07, 6.45) is 0. The molecule has 1 aromatic rings. The van der Waals surface area contributed by atoms with Gasteiger partial charge in [-0.25, -0.2) is 0 Å². The third-order valence-corrected chi connectivity index (χ3v) is 3.44. The van der Waals surface area contributed by atoms with Gasteiger partial charge in [0.15, 0.2) is 0 Å². The maximum atomic E-state index is 3.60. The molecule has 2 heteroatoms. The van der Waals surface area contributed by atoms with Gasteiger partial charge in [-0.1, -0.05) is 19.9 Å². The van der Waals surface area contributed by atoms with E-state index in [0.717, 1.165) is 13.1 Å². The molecule has 0 aromatic heterocycles. The topological polar surface area (TPSA) is 15.3 Å². The lowest BCUT2D eigenvalue weighted by molar-refractivity contribution is 0.385. The summed E-state index contributed by atoms with van der Waals surface area (Å²) >= 11 is 0. The van der Waals surface area contributed by atoms with E-state index in [4.69, 9.17) is 0 Å². The Morgan fingerprint density at radius 3 is 2.65 bits per heavy atom. The first-order valence-corrected chi connectivity index (χ1v) is 6.50. The van der Waals surface area contributed by atoms with Crippen molar-refractivity contribution in [3.63, 3.8) is 0 Å². The fourth-order valence-electron chi connectivity index (χ4n) is 2.44. The summed E-state index contributed by atoms with van der Waals surface area (Å²) in [5.74, 6) is 0. The highest BCUT2D eigenvalue weighted by molar-refractivity contribution is 5.72. The normalized spacial score (nSPS) is 18.6. The molecule has 0 radical (unpaired) electrons. The van der Waals surface area contributed by atoms with E-state index in [0.29, 0.717) is 11.5 Å². The summed E-state index contributed by atoms with van der Waals surface area (Å²) in [4.78, 5) is 2.51. The number of hydrogen-bond donors (Lipinski definition) is 1. The molecule has 0 spiro atoms. The highest BCUT2D eigenvalue weighted by Crippen LogP contribution is 2.35. The molecule has 1 aliphatic rings. The maximum absolute atomic E-state index is 3.60. The van der Waals surface area contributed by atoms with Crippen LogP contribution in [0.4, 0.5) is 11.4 Å². The molecule has 0 fully saturated rings. The van der Waals surface area contributed by atoms with Crippen LogP contribution >= 0.6 is 0 Å². The number of hydrogen-bond acceptors (Lipinski definition) is 2. The highest BCUT2D eigenvalue weighted by atomic mass is 15.2. The molecule has 94 valence electrons. The van der Waals surface area contributed by atoms with Gasteiger partial charge in [-0.05, 0) is 43.9 Å². The largest absolute Gasteiger partial charge is 0.383 e. The molecule has 1 heterocycles. The Bertz CT molecular complexity index is 407. The van der Waals surface area contributed by atoms with Crippen LogP contribution in [0.3, 0.4) is 0 Å². The number of benzene rings is 1. The maximum Gasteiger partial charge on any atom is 0.0604 e. The van der Waals surface area contributed by atoms with E-state index in [1.165, 1.54) is 16.9 Å². The van der Waals surface area contributed by atoms with Crippen LogP contribution in [-0.4, -0.2) is 19.1 Å². The summed E-state index contributed by atoms with van der Waals surface area (Å²) in [5, 5.41) is 3.60. The summed E-state index contributed by atoms with van der Waals surface area (Å²) in [6, 6.07) is 7.25. The molecule has 0 aliphatic carbocycles. The van der Waals surface area contributed by atoms with Gasteiger partial charge in [-0.3, -0.25) is 0 Å². The minimum Gasteiger partial charge on any atom is -0.383 e. The van der Waals surface area contributed by atoms with E-state index in [9.17, 15) is 0 Å². The van der Waals surface area contributed by atoms with E-state index < -0.39 is 0 Å². The van der Waals surface area contributed by atoms with Crippen molar-refractivity contribution in [3.8, 4) is 0 Å². The number of anilines is 2. The zero-order valence-electron chi connectivity index (χ0n) is 11.7. The van der Waals surface area contributed by atoms with Crippen LogP contribution in [0.15, 0.2) is 18.2 Å². The first-order chi connectivity index (χ1) is 7.89. The predicted octanol–water partition coefficient (Wildman–Crippen LogP) is 3.66. The van der Waals surface area contributed by atoms with Crippen molar-refractivity contribution in [2.45, 2.75) is 40.7 Å². The van der Waals surface area contributed by atoms with Gasteiger partial charge >= 0.3 is 0 Å². The summed E-state index contributed by atoms with van der Waals surface area (Å²) in [5.41, 5.74) is 4.25. The van der Waals surface area contributed by atoms with Crippen LogP contribution in [0.5, 0.6) is 0 Å². The van der Waals surface area contributed by atoms with E-state index >= 15 is 0 Å². The van der Waals surface area contributed by atoms with E-state index in [1.54, 1.807) is 0 Å². The molecule has 0 bridgehead atoms. The zero-order chi connectivity index (χ0) is 12.6. The van der Waals surface area contributed by atoms with E-state index in [-0.39, 0.29) is 0 Å². The highest BCUT2D eigenvalue weighted by Gasteiger charge is 2.28. The molecule has 17 heavy (non-hydrogen) atoms. The number of aryl methyl sites for hydroxylation is 1. The third-order valence-electron chi connectivity index (χ3n) is 3.44. The van der Waals surface area contributed by atoms with Gasteiger partial charge in [-0.15, -0.1) is 0 Å². The van der Waals surface area contributed by atoms with E-state index in [1.807, 2.05) is 0 Å². The Hall–Kier alpha value is -1.18. The molecule has 2 rings (SSSR count). The molecule has 0 saturated heterocycles. The standard InChI is InChI=1S/C15H24N2/c1-11(2)17-10-15(4,5)9-16-13-8-12(3)6-7-14(13)17/h6-8,11,16H,9-10H2,1-5H3. The van der Waals surface area contributed by atoms with Crippen molar-refractivity contribution in [1.29, 1.82) is 0 Å². The van der Waals surface area contributed by atoms with Gasteiger partial charge in [0.05, 0.1) is 11.4 Å². The number of fused-ring (bicyclic) bond motifs is 1. The first kappa shape index (κ1) is 12.3. The van der Waals surface area contributed by atoms with Crippen molar-refractivity contribution in [2.75, 3.05) is 23.3 Å². The molecule has 1 aliphatic heterocycles. The quantitative estimate of drug-likeness (QED) is 0.795. The summed E-state index contributed by atoms with van der Waals surface area (Å²) in [7, 11) is 0. The minimum atomic E-state index is 0.303. The molecule has 0 saturated carbocycles. The van der Waals surface area contributed by atoms with Crippen LogP contribution in [0.1, 0.15) is 33.3 Å². The van der Waals surface area contributed by atoms with Crippen molar-refractivity contribution in [3.05, 3.63) is 23.8 Å². The summed E-state index contributed by atoms with van der Waals surface area (Å²) in [6.45, 7) is 13.5. The second-order valence-electron chi connectivity index (χ2n) is 6.26. The second-order valence-corrected chi connectivity index (χ2v) is 6.26. The minimum absolute atomic E-state index is 0.303. The lowest BCUT2D eigenvalue weighted by Gasteiger charge is -2.34. The van der Waals surface area contributed by atoms with Gasteiger partial charge < -0.3 is 10.2 Å². The van der Waals surface area contributed by atoms with Gasteiger partial charge in [0.2, 0.25) is 0 Å². The van der Waals surface area contributed by atoms with Crippen LogP contribution in [0.25, 0.3) is 0 Å². The first-order valence-electron chi connectivity index (χ1n) is 6.50.